The highest BCUT2D eigenvalue weighted by molar-refractivity contribution is 5.93. The Kier molecular flexibility index (Phi) is 5.13. The van der Waals surface area contributed by atoms with E-state index >= 15 is 0 Å². The zero-order valence-electron chi connectivity index (χ0n) is 12.8. The average molecular weight is 308 g/mol. The highest BCUT2D eigenvalue weighted by Crippen LogP contribution is 2.25. The number of aliphatic carboxylic acids is 1. The highest BCUT2D eigenvalue weighted by Gasteiger charge is 2.35. The van der Waals surface area contributed by atoms with Gasteiger partial charge in [-0.25, -0.2) is 4.39 Å². The van der Waals surface area contributed by atoms with Gasteiger partial charge in [0.25, 0.3) is 0 Å². The molecule has 0 radical (unpaired) electrons. The highest BCUT2D eigenvalue weighted by atomic mass is 19.1. The zero-order chi connectivity index (χ0) is 16.3. The van der Waals surface area contributed by atoms with Gasteiger partial charge in [0, 0.05) is 24.8 Å². The number of benzene rings is 1. The van der Waals surface area contributed by atoms with Gasteiger partial charge in [-0.2, -0.15) is 0 Å². The lowest BCUT2D eigenvalue weighted by Crippen LogP contribution is -2.49. The number of hydrogen-bond acceptors (Lipinski definition) is 3. The number of piperidine rings is 1. The van der Waals surface area contributed by atoms with Gasteiger partial charge in [-0.3, -0.25) is 14.5 Å². The number of amides is 1. The Labute approximate surface area is 129 Å². The van der Waals surface area contributed by atoms with Gasteiger partial charge in [0.05, 0.1) is 11.8 Å². The maximum absolute atomic E-state index is 12.9. The van der Waals surface area contributed by atoms with Crippen molar-refractivity contribution in [3.05, 3.63) is 30.1 Å². The Morgan fingerprint density at radius 1 is 1.23 bits per heavy atom. The molecule has 0 aromatic heterocycles. The summed E-state index contributed by atoms with van der Waals surface area (Å²) in [5.74, 6) is -2.39. The van der Waals surface area contributed by atoms with Crippen molar-refractivity contribution in [2.24, 2.45) is 11.8 Å². The number of rotatable bonds is 4. The van der Waals surface area contributed by atoms with Crippen LogP contribution in [-0.4, -0.2) is 41.0 Å². The maximum atomic E-state index is 12.9. The van der Waals surface area contributed by atoms with Crippen molar-refractivity contribution in [1.82, 2.24) is 4.90 Å². The number of carbonyl (C=O) groups is 2. The average Bonchev–Trinajstić information content (AvgIpc) is 2.49. The molecule has 6 heteroatoms. The normalized spacial score (nSPS) is 22.5. The first-order chi connectivity index (χ1) is 10.4. The van der Waals surface area contributed by atoms with Crippen molar-refractivity contribution in [3.8, 4) is 0 Å². The lowest BCUT2D eigenvalue weighted by atomic mass is 9.88. The van der Waals surface area contributed by atoms with Crippen molar-refractivity contribution in [2.45, 2.75) is 26.3 Å². The molecule has 1 aliphatic rings. The third kappa shape index (κ3) is 4.04. The molecule has 0 unspecified atom stereocenters. The van der Waals surface area contributed by atoms with Crippen molar-refractivity contribution in [3.63, 3.8) is 0 Å². The predicted octanol–water partition coefficient (Wildman–Crippen LogP) is 2.20. The van der Waals surface area contributed by atoms with Crippen LogP contribution in [0.3, 0.4) is 0 Å². The Hall–Kier alpha value is -1.95. The summed E-state index contributed by atoms with van der Waals surface area (Å²) >= 11 is 0. The Morgan fingerprint density at radius 2 is 1.82 bits per heavy atom. The molecule has 1 aromatic rings. The van der Waals surface area contributed by atoms with Crippen molar-refractivity contribution in [1.29, 1.82) is 0 Å². The van der Waals surface area contributed by atoms with Crippen molar-refractivity contribution < 1.29 is 19.1 Å². The molecule has 2 N–H and O–H groups in total. The van der Waals surface area contributed by atoms with E-state index in [4.69, 9.17) is 0 Å². The van der Waals surface area contributed by atoms with Crippen molar-refractivity contribution in [2.75, 3.05) is 18.4 Å². The Morgan fingerprint density at radius 3 is 2.36 bits per heavy atom. The molecule has 0 bridgehead atoms. The third-order valence-corrected chi connectivity index (χ3v) is 4.04. The fraction of sp³-hybridized carbons (Fsp3) is 0.500. The first kappa shape index (κ1) is 16.4. The van der Waals surface area contributed by atoms with Crippen LogP contribution in [-0.2, 0) is 9.59 Å². The minimum atomic E-state index is -0.870. The van der Waals surface area contributed by atoms with Gasteiger partial charge < -0.3 is 10.4 Å². The monoisotopic (exact) mass is 308 g/mol. The summed E-state index contributed by atoms with van der Waals surface area (Å²) < 4.78 is 12.9. The lowest BCUT2D eigenvalue weighted by molar-refractivity contribution is -0.145. The van der Waals surface area contributed by atoms with Gasteiger partial charge in [-0.05, 0) is 44.5 Å². The van der Waals surface area contributed by atoms with Crippen LogP contribution in [0, 0.1) is 17.7 Å². The molecule has 1 aromatic carbocycles. The van der Waals surface area contributed by atoms with Crippen LogP contribution < -0.4 is 5.32 Å². The quantitative estimate of drug-likeness (QED) is 0.894. The van der Waals surface area contributed by atoms with Gasteiger partial charge in [0.15, 0.2) is 0 Å². The summed E-state index contributed by atoms with van der Waals surface area (Å²) in [5.41, 5.74) is 0.514. The topological polar surface area (TPSA) is 69.6 Å². The summed E-state index contributed by atoms with van der Waals surface area (Å²) in [7, 11) is 0. The van der Waals surface area contributed by atoms with E-state index < -0.39 is 11.9 Å². The summed E-state index contributed by atoms with van der Waals surface area (Å²) in [6, 6.07) is 5.72. The van der Waals surface area contributed by atoms with E-state index in [2.05, 4.69) is 5.32 Å². The van der Waals surface area contributed by atoms with Crippen LogP contribution in [0.1, 0.15) is 20.3 Å². The molecule has 1 fully saturated rings. The minimum absolute atomic E-state index is 0.184. The van der Waals surface area contributed by atoms with Gasteiger partial charge >= 0.3 is 5.97 Å². The molecule has 2 rings (SSSR count). The second-order valence-electron chi connectivity index (χ2n) is 6.01. The first-order valence-corrected chi connectivity index (χ1v) is 7.40. The number of nitrogens with one attached hydrogen (secondary N) is 1. The number of nitrogens with zero attached hydrogens (tertiary/aromatic N) is 1. The molecule has 120 valence electrons. The summed E-state index contributed by atoms with van der Waals surface area (Å²) in [6.45, 7) is 4.97. The van der Waals surface area contributed by atoms with Crippen molar-refractivity contribution >= 4 is 17.6 Å². The van der Waals surface area contributed by atoms with Gasteiger partial charge in [-0.1, -0.05) is 0 Å². The zero-order valence-corrected chi connectivity index (χ0v) is 12.8. The SMILES string of the molecule is CC(C)N1C[C@@H](C(=O)O)C[C@H](C(=O)Nc2ccc(F)cc2)C1. The molecule has 1 aliphatic heterocycles. The number of likely N-dealkylation sites (tertiary alicyclic amines) is 1. The van der Waals surface area contributed by atoms with E-state index in [1.54, 1.807) is 0 Å². The molecule has 0 aliphatic carbocycles. The number of carbonyl (C=O) groups excluding carboxylic acids is 1. The lowest BCUT2D eigenvalue weighted by Gasteiger charge is -2.37. The van der Waals surface area contributed by atoms with Crippen LogP contribution in [0.15, 0.2) is 24.3 Å². The second-order valence-corrected chi connectivity index (χ2v) is 6.01. The molecule has 1 saturated heterocycles. The molecule has 1 heterocycles. The Balaban J connectivity index is 2.06. The smallest absolute Gasteiger partial charge is 0.307 e. The number of carboxylic acid groups (broad SMARTS) is 1. The van der Waals surface area contributed by atoms with Crippen LogP contribution in [0.4, 0.5) is 10.1 Å². The molecule has 0 spiro atoms. The molecule has 22 heavy (non-hydrogen) atoms. The van der Waals surface area contributed by atoms with Crippen LogP contribution >= 0.6 is 0 Å². The fourth-order valence-electron chi connectivity index (χ4n) is 2.70. The fourth-order valence-corrected chi connectivity index (χ4v) is 2.70. The standard InChI is InChI=1S/C16H21FN2O3/c1-10(2)19-8-11(7-12(9-19)16(21)22)15(20)18-14-5-3-13(17)4-6-14/h3-6,10-12H,7-9H2,1-2H3,(H,18,20)(H,21,22)/t11-,12-/m0/s1. The minimum Gasteiger partial charge on any atom is -0.481 e. The molecule has 5 nitrogen and oxygen atoms in total. The summed E-state index contributed by atoms with van der Waals surface area (Å²) in [5, 5.41) is 12.0. The molecular formula is C16H21FN2O3. The second kappa shape index (κ2) is 6.87. The van der Waals surface area contributed by atoms with Crippen LogP contribution in [0.25, 0.3) is 0 Å². The number of anilines is 1. The van der Waals surface area contributed by atoms with E-state index in [0.29, 0.717) is 25.2 Å². The Bertz CT molecular complexity index is 545. The van der Waals surface area contributed by atoms with E-state index in [1.165, 1.54) is 24.3 Å². The molecule has 2 atom stereocenters. The molecular weight excluding hydrogens is 287 g/mol. The van der Waals surface area contributed by atoms with Gasteiger partial charge in [0.1, 0.15) is 5.82 Å². The van der Waals surface area contributed by atoms with E-state index in [0.717, 1.165) is 0 Å². The first-order valence-electron chi connectivity index (χ1n) is 7.40. The van der Waals surface area contributed by atoms with E-state index in [1.807, 2.05) is 18.7 Å². The number of halogens is 1. The van der Waals surface area contributed by atoms with Crippen LogP contribution in [0.2, 0.25) is 0 Å². The largest absolute Gasteiger partial charge is 0.481 e. The van der Waals surface area contributed by atoms with Gasteiger partial charge in [-0.15, -0.1) is 0 Å². The van der Waals surface area contributed by atoms with E-state index in [9.17, 15) is 19.1 Å². The predicted molar refractivity (Wildman–Crippen MR) is 81.0 cm³/mol. The van der Waals surface area contributed by atoms with E-state index in [-0.39, 0.29) is 23.7 Å². The summed E-state index contributed by atoms with van der Waals surface area (Å²) in [4.78, 5) is 25.7. The maximum Gasteiger partial charge on any atom is 0.307 e. The third-order valence-electron chi connectivity index (χ3n) is 4.04. The molecule has 0 saturated carbocycles. The van der Waals surface area contributed by atoms with Crippen LogP contribution in [0.5, 0.6) is 0 Å². The molecule has 1 amide bonds. The number of hydrogen-bond donors (Lipinski definition) is 2. The summed E-state index contributed by atoms with van der Waals surface area (Å²) in [6.07, 6.45) is 0.325. The van der Waals surface area contributed by atoms with Gasteiger partial charge in [0.2, 0.25) is 5.91 Å². The number of carboxylic acids is 1.